The first-order valence-corrected chi connectivity index (χ1v) is 7.10. The third-order valence-electron chi connectivity index (χ3n) is 2.82. The van der Waals surface area contributed by atoms with Gasteiger partial charge in [-0.1, -0.05) is 11.6 Å². The smallest absolute Gasteiger partial charge is 0.207 e. The van der Waals surface area contributed by atoms with Crippen molar-refractivity contribution in [2.24, 2.45) is 0 Å². The van der Waals surface area contributed by atoms with E-state index in [9.17, 15) is 8.42 Å². The molecule has 0 aliphatic carbocycles. The lowest BCUT2D eigenvalue weighted by Crippen LogP contribution is -2.28. The molecule has 0 spiro atoms. The molecule has 0 unspecified atom stereocenters. The lowest BCUT2D eigenvalue weighted by molar-refractivity contribution is 0.477. The summed E-state index contributed by atoms with van der Waals surface area (Å²) in [5, 5.41) is 0.567. The lowest BCUT2D eigenvalue weighted by atomic mass is 10.2. The number of halogens is 1. The van der Waals surface area contributed by atoms with E-state index in [-0.39, 0.29) is 0 Å². The molecule has 1 heterocycles. The van der Waals surface area contributed by atoms with Gasteiger partial charge in [-0.25, -0.2) is 8.42 Å². The Morgan fingerprint density at radius 2 is 1.88 bits per heavy atom. The van der Waals surface area contributed by atoms with Crippen molar-refractivity contribution in [1.82, 2.24) is 4.31 Å². The maximum absolute atomic E-state index is 12.2. The number of rotatable bonds is 2. The standard InChI is InChI=1S/C11H14ClNO2S/c1-9-8-10(12)4-5-11(9)16(14,15)13-6-2-3-7-13/h4-5,8H,2-3,6-7H2,1H3. The minimum Gasteiger partial charge on any atom is -0.207 e. The summed E-state index contributed by atoms with van der Waals surface area (Å²) in [6, 6.07) is 4.90. The van der Waals surface area contributed by atoms with Gasteiger partial charge in [0.1, 0.15) is 0 Å². The van der Waals surface area contributed by atoms with Crippen molar-refractivity contribution in [1.29, 1.82) is 0 Å². The van der Waals surface area contributed by atoms with Gasteiger partial charge in [-0.05, 0) is 43.5 Å². The van der Waals surface area contributed by atoms with Crippen molar-refractivity contribution in [2.75, 3.05) is 13.1 Å². The number of benzene rings is 1. The second-order valence-electron chi connectivity index (χ2n) is 4.02. The summed E-state index contributed by atoms with van der Waals surface area (Å²) in [6.45, 7) is 3.03. The molecule has 1 aliphatic rings. The molecule has 0 amide bonds. The predicted octanol–water partition coefficient (Wildman–Crippen LogP) is 2.43. The van der Waals surface area contributed by atoms with E-state index in [4.69, 9.17) is 11.6 Å². The van der Waals surface area contributed by atoms with Crippen LogP contribution in [-0.4, -0.2) is 25.8 Å². The zero-order valence-electron chi connectivity index (χ0n) is 9.11. The summed E-state index contributed by atoms with van der Waals surface area (Å²) in [6.07, 6.45) is 1.90. The minimum absolute atomic E-state index is 0.374. The highest BCUT2D eigenvalue weighted by Gasteiger charge is 2.28. The Morgan fingerprint density at radius 1 is 1.25 bits per heavy atom. The van der Waals surface area contributed by atoms with Crippen LogP contribution >= 0.6 is 11.6 Å². The Bertz CT molecular complexity index is 493. The van der Waals surface area contributed by atoms with E-state index in [2.05, 4.69) is 0 Å². The Kier molecular flexibility index (Phi) is 3.24. The Labute approximate surface area is 101 Å². The lowest BCUT2D eigenvalue weighted by Gasteiger charge is -2.17. The molecule has 88 valence electrons. The quantitative estimate of drug-likeness (QED) is 0.818. The molecule has 0 aromatic heterocycles. The van der Waals surface area contributed by atoms with Gasteiger partial charge in [0.25, 0.3) is 0 Å². The number of nitrogens with zero attached hydrogens (tertiary/aromatic N) is 1. The average Bonchev–Trinajstić information content (AvgIpc) is 2.69. The SMILES string of the molecule is Cc1cc(Cl)ccc1S(=O)(=O)N1CCCC1. The number of hydrogen-bond acceptors (Lipinski definition) is 2. The maximum Gasteiger partial charge on any atom is 0.243 e. The third kappa shape index (κ3) is 2.10. The minimum atomic E-state index is -3.31. The van der Waals surface area contributed by atoms with Crippen LogP contribution in [0.5, 0.6) is 0 Å². The number of sulfonamides is 1. The molecule has 1 aromatic rings. The molecule has 3 nitrogen and oxygen atoms in total. The fourth-order valence-electron chi connectivity index (χ4n) is 1.97. The largest absolute Gasteiger partial charge is 0.243 e. The molecule has 0 saturated carbocycles. The summed E-state index contributed by atoms with van der Waals surface area (Å²) in [4.78, 5) is 0.374. The van der Waals surface area contributed by atoms with Crippen molar-refractivity contribution < 1.29 is 8.42 Å². The zero-order chi connectivity index (χ0) is 11.8. The van der Waals surface area contributed by atoms with Gasteiger partial charge in [0.2, 0.25) is 10.0 Å². The Morgan fingerprint density at radius 3 is 2.44 bits per heavy atom. The van der Waals surface area contributed by atoms with Gasteiger partial charge in [-0.2, -0.15) is 4.31 Å². The molecule has 0 radical (unpaired) electrons. The van der Waals surface area contributed by atoms with Gasteiger partial charge in [-0.15, -0.1) is 0 Å². The fraction of sp³-hybridized carbons (Fsp3) is 0.455. The molecule has 1 aliphatic heterocycles. The predicted molar refractivity (Wildman–Crippen MR) is 64.2 cm³/mol. The average molecular weight is 260 g/mol. The van der Waals surface area contributed by atoms with E-state index in [0.29, 0.717) is 28.6 Å². The van der Waals surface area contributed by atoms with Crippen molar-refractivity contribution >= 4 is 21.6 Å². The van der Waals surface area contributed by atoms with Gasteiger partial charge in [-0.3, -0.25) is 0 Å². The first-order chi connectivity index (χ1) is 7.51. The van der Waals surface area contributed by atoms with Crippen molar-refractivity contribution in [3.63, 3.8) is 0 Å². The van der Waals surface area contributed by atoms with Crippen LogP contribution < -0.4 is 0 Å². The molecule has 1 aromatic carbocycles. The van der Waals surface area contributed by atoms with Crippen LogP contribution in [0.2, 0.25) is 5.02 Å². The van der Waals surface area contributed by atoms with Crippen molar-refractivity contribution in [3.8, 4) is 0 Å². The van der Waals surface area contributed by atoms with Gasteiger partial charge in [0, 0.05) is 18.1 Å². The van der Waals surface area contributed by atoms with Gasteiger partial charge >= 0.3 is 0 Å². The van der Waals surface area contributed by atoms with Crippen LogP contribution in [0.3, 0.4) is 0 Å². The van der Waals surface area contributed by atoms with E-state index in [1.54, 1.807) is 29.4 Å². The Balaban J connectivity index is 2.42. The van der Waals surface area contributed by atoms with Crippen molar-refractivity contribution in [2.45, 2.75) is 24.7 Å². The highest BCUT2D eigenvalue weighted by molar-refractivity contribution is 7.89. The van der Waals surface area contributed by atoms with E-state index >= 15 is 0 Å². The molecular weight excluding hydrogens is 246 g/mol. The molecule has 2 rings (SSSR count). The van der Waals surface area contributed by atoms with Crippen LogP contribution in [0.25, 0.3) is 0 Å². The monoisotopic (exact) mass is 259 g/mol. The van der Waals surface area contributed by atoms with Gasteiger partial charge < -0.3 is 0 Å². The number of aryl methyl sites for hydroxylation is 1. The van der Waals surface area contributed by atoms with E-state index < -0.39 is 10.0 Å². The molecule has 16 heavy (non-hydrogen) atoms. The summed E-state index contributed by atoms with van der Waals surface area (Å²) in [5.41, 5.74) is 0.708. The summed E-state index contributed by atoms with van der Waals surface area (Å²) in [5.74, 6) is 0. The second kappa shape index (κ2) is 4.35. The highest BCUT2D eigenvalue weighted by atomic mass is 35.5. The van der Waals surface area contributed by atoms with Crippen LogP contribution in [0, 0.1) is 6.92 Å². The molecule has 5 heteroatoms. The van der Waals surface area contributed by atoms with Crippen LogP contribution in [0.1, 0.15) is 18.4 Å². The first-order valence-electron chi connectivity index (χ1n) is 5.28. The maximum atomic E-state index is 12.2. The van der Waals surface area contributed by atoms with Gasteiger partial charge in [0.15, 0.2) is 0 Å². The molecule has 1 saturated heterocycles. The van der Waals surface area contributed by atoms with Crippen molar-refractivity contribution in [3.05, 3.63) is 28.8 Å². The summed E-state index contributed by atoms with van der Waals surface area (Å²) in [7, 11) is -3.31. The third-order valence-corrected chi connectivity index (χ3v) is 5.11. The highest BCUT2D eigenvalue weighted by Crippen LogP contribution is 2.25. The first kappa shape index (κ1) is 11.9. The second-order valence-corrected chi connectivity index (χ2v) is 6.36. The van der Waals surface area contributed by atoms with Crippen LogP contribution in [0.15, 0.2) is 23.1 Å². The molecule has 0 bridgehead atoms. The van der Waals surface area contributed by atoms with E-state index in [1.165, 1.54) is 0 Å². The normalized spacial score (nSPS) is 17.9. The summed E-state index contributed by atoms with van der Waals surface area (Å²) < 4.78 is 26.0. The molecular formula is C11H14ClNO2S. The topological polar surface area (TPSA) is 37.4 Å². The van der Waals surface area contributed by atoms with E-state index in [0.717, 1.165) is 12.8 Å². The van der Waals surface area contributed by atoms with Gasteiger partial charge in [0.05, 0.1) is 4.90 Å². The number of hydrogen-bond donors (Lipinski definition) is 0. The van der Waals surface area contributed by atoms with E-state index in [1.807, 2.05) is 0 Å². The Hall–Kier alpha value is -0.580. The fourth-order valence-corrected chi connectivity index (χ4v) is 3.92. The zero-order valence-corrected chi connectivity index (χ0v) is 10.7. The molecule has 0 N–H and O–H groups in total. The molecule has 1 fully saturated rings. The van der Waals surface area contributed by atoms with Crippen LogP contribution in [0.4, 0.5) is 0 Å². The molecule has 0 atom stereocenters. The summed E-state index contributed by atoms with van der Waals surface area (Å²) >= 11 is 5.82. The van der Waals surface area contributed by atoms with Crippen LogP contribution in [-0.2, 0) is 10.0 Å².